The monoisotopic (exact) mass is 210 g/mol. The molecule has 0 radical (unpaired) electrons. The Morgan fingerprint density at radius 2 is 1.50 bits per heavy atom. The van der Waals surface area contributed by atoms with E-state index in [0.717, 1.165) is 38.0 Å². The first-order valence-corrected chi connectivity index (χ1v) is 7.88. The van der Waals surface area contributed by atoms with Crippen molar-refractivity contribution < 1.29 is 4.57 Å². The minimum absolute atomic E-state index is 0.731. The van der Waals surface area contributed by atoms with Crippen LogP contribution in [0.4, 0.5) is 0 Å². The Balaban J connectivity index is 3.49. The molecular formula is C9H20ClOP. The molecule has 0 bridgehead atoms. The van der Waals surface area contributed by atoms with Crippen LogP contribution in [-0.4, -0.2) is 12.3 Å². The Morgan fingerprint density at radius 1 is 1.00 bits per heavy atom. The van der Waals surface area contributed by atoms with Crippen molar-refractivity contribution in [1.29, 1.82) is 0 Å². The SMILES string of the molecule is CCCCCP(=O)(Cl)CCCC. The molecule has 0 aromatic carbocycles. The van der Waals surface area contributed by atoms with Crippen molar-refractivity contribution in [3.63, 3.8) is 0 Å². The summed E-state index contributed by atoms with van der Waals surface area (Å²) >= 11 is 5.91. The fraction of sp³-hybridized carbons (Fsp3) is 1.00. The fourth-order valence-corrected chi connectivity index (χ4v) is 3.53. The molecule has 0 aliphatic rings. The topological polar surface area (TPSA) is 17.1 Å². The normalized spacial score (nSPS) is 15.9. The smallest absolute Gasteiger partial charge is 0.169 e. The van der Waals surface area contributed by atoms with Crippen LogP contribution in [0.15, 0.2) is 0 Å². The van der Waals surface area contributed by atoms with E-state index in [4.69, 9.17) is 11.2 Å². The maximum absolute atomic E-state index is 11.6. The fourth-order valence-electron chi connectivity index (χ4n) is 1.10. The summed E-state index contributed by atoms with van der Waals surface area (Å²) in [4.78, 5) is 0. The zero-order valence-corrected chi connectivity index (χ0v) is 9.83. The van der Waals surface area contributed by atoms with Gasteiger partial charge in [0.25, 0.3) is 0 Å². The summed E-state index contributed by atoms with van der Waals surface area (Å²) in [5, 5.41) is 0. The quantitative estimate of drug-likeness (QED) is 0.447. The molecule has 0 fully saturated rings. The van der Waals surface area contributed by atoms with E-state index in [1.807, 2.05) is 0 Å². The summed E-state index contributed by atoms with van der Waals surface area (Å²) in [5.74, 6) is 0. The molecule has 0 saturated carbocycles. The average Bonchev–Trinajstić information content (AvgIpc) is 2.01. The van der Waals surface area contributed by atoms with Crippen molar-refractivity contribution >= 4 is 17.7 Å². The second-order valence-corrected chi connectivity index (χ2v) is 7.62. The van der Waals surface area contributed by atoms with Gasteiger partial charge in [-0.15, -0.1) is 0 Å². The Bertz CT molecular complexity index is 147. The number of unbranched alkanes of at least 4 members (excludes halogenated alkanes) is 3. The van der Waals surface area contributed by atoms with Crippen LogP contribution >= 0.6 is 17.7 Å². The molecule has 0 aromatic rings. The summed E-state index contributed by atoms with van der Waals surface area (Å²) in [7, 11) is 0. The molecule has 1 atom stereocenters. The predicted molar refractivity (Wildman–Crippen MR) is 57.6 cm³/mol. The van der Waals surface area contributed by atoms with Crippen molar-refractivity contribution in [3.8, 4) is 0 Å². The first-order valence-electron chi connectivity index (χ1n) is 4.90. The van der Waals surface area contributed by atoms with E-state index in [-0.39, 0.29) is 0 Å². The Kier molecular flexibility index (Phi) is 7.28. The first-order chi connectivity index (χ1) is 5.62. The molecule has 3 heteroatoms. The van der Waals surface area contributed by atoms with Gasteiger partial charge in [-0.1, -0.05) is 44.4 Å². The second kappa shape index (κ2) is 6.97. The van der Waals surface area contributed by atoms with Crippen molar-refractivity contribution in [2.24, 2.45) is 0 Å². The van der Waals surface area contributed by atoms with Crippen molar-refractivity contribution in [2.75, 3.05) is 12.3 Å². The van der Waals surface area contributed by atoms with E-state index in [1.54, 1.807) is 0 Å². The van der Waals surface area contributed by atoms with Gasteiger partial charge < -0.3 is 4.57 Å². The van der Waals surface area contributed by atoms with Crippen LogP contribution in [0, 0.1) is 0 Å². The molecule has 0 aromatic heterocycles. The summed E-state index contributed by atoms with van der Waals surface area (Å²) in [5.41, 5.74) is 0. The van der Waals surface area contributed by atoms with Gasteiger partial charge >= 0.3 is 0 Å². The highest BCUT2D eigenvalue weighted by molar-refractivity contribution is 7.89. The van der Waals surface area contributed by atoms with Gasteiger partial charge in [0.15, 0.2) is 6.49 Å². The van der Waals surface area contributed by atoms with Gasteiger partial charge in [-0.05, 0) is 12.8 Å². The maximum atomic E-state index is 11.6. The highest BCUT2D eigenvalue weighted by Crippen LogP contribution is 2.52. The molecule has 0 saturated heterocycles. The lowest BCUT2D eigenvalue weighted by Gasteiger charge is -2.08. The van der Waals surface area contributed by atoms with Gasteiger partial charge in [-0.3, -0.25) is 0 Å². The number of hydrogen-bond donors (Lipinski definition) is 0. The summed E-state index contributed by atoms with van der Waals surface area (Å²) in [6, 6.07) is 0. The van der Waals surface area contributed by atoms with E-state index >= 15 is 0 Å². The largest absolute Gasteiger partial charge is 0.307 e. The lowest BCUT2D eigenvalue weighted by Crippen LogP contribution is -1.90. The van der Waals surface area contributed by atoms with Crippen LogP contribution in [0.5, 0.6) is 0 Å². The van der Waals surface area contributed by atoms with E-state index in [9.17, 15) is 4.57 Å². The Morgan fingerprint density at radius 3 is 2.00 bits per heavy atom. The average molecular weight is 211 g/mol. The lowest BCUT2D eigenvalue weighted by molar-refractivity contribution is 0.579. The van der Waals surface area contributed by atoms with Gasteiger partial charge in [-0.2, -0.15) is 0 Å². The molecule has 12 heavy (non-hydrogen) atoms. The van der Waals surface area contributed by atoms with Crippen LogP contribution in [0.1, 0.15) is 46.0 Å². The summed E-state index contributed by atoms with van der Waals surface area (Å²) < 4.78 is 11.6. The molecule has 74 valence electrons. The molecule has 0 heterocycles. The summed E-state index contributed by atoms with van der Waals surface area (Å²) in [6.45, 7) is 1.98. The minimum Gasteiger partial charge on any atom is -0.307 e. The summed E-state index contributed by atoms with van der Waals surface area (Å²) in [6.07, 6.45) is 6.92. The van der Waals surface area contributed by atoms with Gasteiger partial charge in [0.1, 0.15) is 0 Å². The minimum atomic E-state index is -2.27. The zero-order chi connectivity index (χ0) is 9.45. The van der Waals surface area contributed by atoms with Crippen LogP contribution in [0.2, 0.25) is 0 Å². The van der Waals surface area contributed by atoms with E-state index in [1.165, 1.54) is 6.42 Å². The molecule has 0 aliphatic heterocycles. The van der Waals surface area contributed by atoms with Gasteiger partial charge in [0.2, 0.25) is 0 Å². The highest BCUT2D eigenvalue weighted by Gasteiger charge is 2.15. The van der Waals surface area contributed by atoms with Gasteiger partial charge in [-0.25, -0.2) is 0 Å². The molecule has 1 unspecified atom stereocenters. The Labute approximate surface area is 81.0 Å². The van der Waals surface area contributed by atoms with Crippen molar-refractivity contribution in [1.82, 2.24) is 0 Å². The molecule has 0 N–H and O–H groups in total. The van der Waals surface area contributed by atoms with Crippen LogP contribution in [0.3, 0.4) is 0 Å². The van der Waals surface area contributed by atoms with Gasteiger partial charge in [0.05, 0.1) is 0 Å². The van der Waals surface area contributed by atoms with Crippen LogP contribution < -0.4 is 0 Å². The lowest BCUT2D eigenvalue weighted by atomic mass is 10.3. The molecule has 0 amide bonds. The zero-order valence-electron chi connectivity index (χ0n) is 8.18. The maximum Gasteiger partial charge on any atom is 0.169 e. The first kappa shape index (κ1) is 12.5. The molecule has 1 nitrogen and oxygen atoms in total. The van der Waals surface area contributed by atoms with E-state index < -0.39 is 6.49 Å². The molecule has 0 spiro atoms. The third kappa shape index (κ3) is 7.18. The third-order valence-electron chi connectivity index (χ3n) is 1.94. The molecule has 0 aliphatic carbocycles. The van der Waals surface area contributed by atoms with Crippen LogP contribution in [-0.2, 0) is 4.57 Å². The molecular weight excluding hydrogens is 191 g/mol. The third-order valence-corrected chi connectivity index (χ3v) is 4.92. The van der Waals surface area contributed by atoms with Crippen LogP contribution in [0.25, 0.3) is 0 Å². The predicted octanol–water partition coefficient (Wildman–Crippen LogP) is 4.49. The number of rotatable bonds is 7. The van der Waals surface area contributed by atoms with Crippen molar-refractivity contribution in [3.05, 3.63) is 0 Å². The van der Waals surface area contributed by atoms with E-state index in [2.05, 4.69) is 13.8 Å². The van der Waals surface area contributed by atoms with Crippen molar-refractivity contribution in [2.45, 2.75) is 46.0 Å². The number of halogens is 1. The van der Waals surface area contributed by atoms with E-state index in [0.29, 0.717) is 0 Å². The highest BCUT2D eigenvalue weighted by atomic mass is 35.7. The molecule has 0 rings (SSSR count). The Hall–Kier alpha value is 0.520. The number of hydrogen-bond acceptors (Lipinski definition) is 1. The standard InChI is InChI=1S/C9H20ClOP/c1-3-5-7-9-12(10,11)8-6-4-2/h3-9H2,1-2H3. The van der Waals surface area contributed by atoms with Gasteiger partial charge in [0, 0.05) is 12.3 Å². The second-order valence-electron chi connectivity index (χ2n) is 3.30.